The molecule has 2 aromatic heterocycles. The van der Waals surface area contributed by atoms with Crippen LogP contribution in [0.3, 0.4) is 0 Å². The fourth-order valence-corrected chi connectivity index (χ4v) is 3.62. The lowest BCUT2D eigenvalue weighted by Gasteiger charge is -2.07. The molecule has 0 aliphatic carbocycles. The number of nitrogens with one attached hydrogen (secondary N) is 2. The first-order valence-corrected chi connectivity index (χ1v) is 9.72. The monoisotopic (exact) mass is 462 g/mol. The van der Waals surface area contributed by atoms with E-state index in [9.17, 15) is 14.4 Å². The summed E-state index contributed by atoms with van der Waals surface area (Å²) in [6.45, 7) is 1.29. The number of carbonyl (C=O) groups excluding carboxylic acids is 3. The lowest BCUT2D eigenvalue weighted by Crippen LogP contribution is -2.21. The van der Waals surface area contributed by atoms with Gasteiger partial charge in [0.15, 0.2) is 12.4 Å². The van der Waals surface area contributed by atoms with Gasteiger partial charge in [0, 0.05) is 4.47 Å². The molecule has 28 heavy (non-hydrogen) atoms. The predicted octanol–water partition coefficient (Wildman–Crippen LogP) is 4.46. The first-order valence-electron chi connectivity index (χ1n) is 8.11. The maximum atomic E-state index is 12.3. The molecule has 2 N–H and O–H groups in total. The van der Waals surface area contributed by atoms with Crippen LogP contribution in [0, 0.1) is 6.92 Å². The number of benzene rings is 1. The van der Waals surface area contributed by atoms with Crippen LogP contribution in [0.25, 0.3) is 0 Å². The molecule has 1 aromatic carbocycles. The molecule has 0 spiro atoms. The van der Waals surface area contributed by atoms with Crippen molar-refractivity contribution in [2.45, 2.75) is 6.92 Å². The van der Waals surface area contributed by atoms with Gasteiger partial charge < -0.3 is 19.8 Å². The summed E-state index contributed by atoms with van der Waals surface area (Å²) in [6.07, 6.45) is 1.40. The first-order chi connectivity index (χ1) is 13.4. The number of thiophene rings is 1. The van der Waals surface area contributed by atoms with Crippen molar-refractivity contribution >= 4 is 55.7 Å². The third-order valence-corrected chi connectivity index (χ3v) is 5.39. The summed E-state index contributed by atoms with van der Waals surface area (Å²) in [5, 5.41) is 5.78. The number of aryl methyl sites for hydroxylation is 1. The zero-order chi connectivity index (χ0) is 20.1. The smallest absolute Gasteiger partial charge is 0.349 e. The Morgan fingerprint density at radius 2 is 1.93 bits per heavy atom. The molecule has 3 rings (SSSR count). The Bertz CT molecular complexity index is 1010. The van der Waals surface area contributed by atoms with Crippen molar-refractivity contribution in [1.29, 1.82) is 0 Å². The van der Waals surface area contributed by atoms with E-state index in [0.717, 1.165) is 15.8 Å². The van der Waals surface area contributed by atoms with Gasteiger partial charge in [0.25, 0.3) is 11.8 Å². The summed E-state index contributed by atoms with van der Waals surface area (Å²) >= 11 is 4.39. The van der Waals surface area contributed by atoms with Gasteiger partial charge in [-0.25, -0.2) is 4.79 Å². The molecule has 0 aliphatic rings. The van der Waals surface area contributed by atoms with Crippen molar-refractivity contribution in [2.75, 3.05) is 17.2 Å². The number of anilines is 2. The number of amides is 2. The molecule has 0 radical (unpaired) electrons. The van der Waals surface area contributed by atoms with Gasteiger partial charge in [-0.05, 0) is 58.7 Å². The van der Waals surface area contributed by atoms with Gasteiger partial charge in [-0.1, -0.05) is 12.1 Å². The molecule has 0 bridgehead atoms. The van der Waals surface area contributed by atoms with E-state index in [-0.39, 0.29) is 5.76 Å². The van der Waals surface area contributed by atoms with E-state index < -0.39 is 24.4 Å². The molecule has 0 aliphatic heterocycles. The van der Waals surface area contributed by atoms with Crippen LogP contribution in [-0.4, -0.2) is 24.4 Å². The van der Waals surface area contributed by atoms with Crippen molar-refractivity contribution < 1.29 is 23.5 Å². The minimum Gasteiger partial charge on any atom is -0.459 e. The first kappa shape index (κ1) is 19.8. The highest BCUT2D eigenvalue weighted by molar-refractivity contribution is 9.10. The number of rotatable bonds is 6. The number of hydrogen-bond acceptors (Lipinski definition) is 6. The fourth-order valence-electron chi connectivity index (χ4n) is 2.27. The summed E-state index contributed by atoms with van der Waals surface area (Å²) in [6, 6.07) is 11.9. The van der Waals surface area contributed by atoms with Crippen molar-refractivity contribution in [3.8, 4) is 0 Å². The Labute approximate surface area is 172 Å². The SMILES string of the molecule is Cc1cc(NC(=O)c2ccco2)sc1C(=O)OCC(=O)Nc1ccccc1Br. The Kier molecular flexibility index (Phi) is 6.27. The summed E-state index contributed by atoms with van der Waals surface area (Å²) in [5.74, 6) is -1.35. The topological polar surface area (TPSA) is 97.6 Å². The second kappa shape index (κ2) is 8.85. The van der Waals surface area contributed by atoms with Gasteiger partial charge in [0.2, 0.25) is 0 Å². The number of carbonyl (C=O) groups is 3. The van der Waals surface area contributed by atoms with Crippen molar-refractivity contribution in [2.24, 2.45) is 0 Å². The van der Waals surface area contributed by atoms with Crippen LogP contribution in [0.5, 0.6) is 0 Å². The highest BCUT2D eigenvalue weighted by Gasteiger charge is 2.18. The normalized spacial score (nSPS) is 10.4. The summed E-state index contributed by atoms with van der Waals surface area (Å²) in [7, 11) is 0. The second-order valence-electron chi connectivity index (χ2n) is 5.66. The number of hydrogen-bond donors (Lipinski definition) is 2. The van der Waals surface area contributed by atoms with E-state index in [1.807, 2.05) is 6.07 Å². The Balaban J connectivity index is 1.57. The van der Waals surface area contributed by atoms with Gasteiger partial charge in [0.1, 0.15) is 4.88 Å². The standard InChI is InChI=1S/C19H15BrN2O5S/c1-11-9-16(22-18(24)14-7-4-8-26-14)28-17(11)19(25)27-10-15(23)21-13-6-3-2-5-12(13)20/h2-9H,10H2,1H3,(H,21,23)(H,22,24). The predicted molar refractivity (Wildman–Crippen MR) is 109 cm³/mol. The highest BCUT2D eigenvalue weighted by atomic mass is 79.9. The maximum Gasteiger partial charge on any atom is 0.349 e. The van der Waals surface area contributed by atoms with Crippen LogP contribution in [0.15, 0.2) is 57.6 Å². The Morgan fingerprint density at radius 1 is 1.14 bits per heavy atom. The van der Waals surface area contributed by atoms with Crippen LogP contribution in [0.1, 0.15) is 25.8 Å². The fraction of sp³-hybridized carbons (Fsp3) is 0.105. The molecule has 3 aromatic rings. The van der Waals surface area contributed by atoms with Gasteiger partial charge >= 0.3 is 5.97 Å². The van der Waals surface area contributed by atoms with Gasteiger partial charge in [-0.15, -0.1) is 11.3 Å². The molecule has 2 amide bonds. The molecular weight excluding hydrogens is 448 g/mol. The number of para-hydroxylation sites is 1. The average molecular weight is 463 g/mol. The summed E-state index contributed by atoms with van der Waals surface area (Å²) in [5.41, 5.74) is 1.22. The van der Waals surface area contributed by atoms with Crippen LogP contribution in [-0.2, 0) is 9.53 Å². The molecule has 9 heteroatoms. The number of ether oxygens (including phenoxy) is 1. The average Bonchev–Trinajstić information content (AvgIpc) is 3.31. The Hall–Kier alpha value is -2.91. The second-order valence-corrected chi connectivity index (χ2v) is 7.56. The third kappa shape index (κ3) is 4.87. The Morgan fingerprint density at radius 3 is 2.64 bits per heavy atom. The lowest BCUT2D eigenvalue weighted by atomic mass is 10.3. The van der Waals surface area contributed by atoms with Crippen LogP contribution >= 0.6 is 27.3 Å². The van der Waals surface area contributed by atoms with E-state index in [4.69, 9.17) is 9.15 Å². The molecular formula is C19H15BrN2O5S. The van der Waals surface area contributed by atoms with Crippen LogP contribution in [0.4, 0.5) is 10.7 Å². The molecule has 0 saturated heterocycles. The van der Waals surface area contributed by atoms with Gasteiger partial charge in [-0.3, -0.25) is 9.59 Å². The zero-order valence-electron chi connectivity index (χ0n) is 14.7. The summed E-state index contributed by atoms with van der Waals surface area (Å²) < 4.78 is 10.8. The maximum absolute atomic E-state index is 12.3. The van der Waals surface area contributed by atoms with E-state index in [1.165, 1.54) is 12.3 Å². The largest absolute Gasteiger partial charge is 0.459 e. The van der Waals surface area contributed by atoms with Crippen molar-refractivity contribution in [3.63, 3.8) is 0 Å². The van der Waals surface area contributed by atoms with Crippen LogP contribution < -0.4 is 10.6 Å². The lowest BCUT2D eigenvalue weighted by molar-refractivity contribution is -0.119. The molecule has 0 unspecified atom stereocenters. The molecule has 2 heterocycles. The number of furan rings is 1. The van der Waals surface area contributed by atoms with E-state index >= 15 is 0 Å². The molecule has 0 saturated carbocycles. The molecule has 0 fully saturated rings. The molecule has 7 nitrogen and oxygen atoms in total. The van der Waals surface area contributed by atoms with Gasteiger partial charge in [-0.2, -0.15) is 0 Å². The highest BCUT2D eigenvalue weighted by Crippen LogP contribution is 2.28. The number of halogens is 1. The van der Waals surface area contributed by atoms with Crippen molar-refractivity contribution in [1.82, 2.24) is 0 Å². The zero-order valence-corrected chi connectivity index (χ0v) is 17.1. The van der Waals surface area contributed by atoms with E-state index in [1.54, 1.807) is 37.3 Å². The third-order valence-electron chi connectivity index (χ3n) is 3.57. The summed E-state index contributed by atoms with van der Waals surface area (Å²) in [4.78, 5) is 36.6. The van der Waals surface area contributed by atoms with E-state index in [2.05, 4.69) is 26.6 Å². The minimum absolute atomic E-state index is 0.166. The van der Waals surface area contributed by atoms with E-state index in [0.29, 0.717) is 21.1 Å². The molecule has 0 atom stereocenters. The van der Waals surface area contributed by atoms with Gasteiger partial charge in [0.05, 0.1) is 17.0 Å². The van der Waals surface area contributed by atoms with Crippen LogP contribution in [0.2, 0.25) is 0 Å². The van der Waals surface area contributed by atoms with Crippen molar-refractivity contribution in [3.05, 3.63) is 69.4 Å². The minimum atomic E-state index is -0.636. The quantitative estimate of drug-likeness (QED) is 0.526. The number of esters is 1. The molecule has 144 valence electrons.